The maximum absolute atomic E-state index is 13.4. The summed E-state index contributed by atoms with van der Waals surface area (Å²) in [6.07, 6.45) is 1.58. The molecular formula is C20H20BrClN2O3. The molecule has 2 saturated heterocycles. The molecule has 2 unspecified atom stereocenters. The standard InChI is InChI=1S/C20H20BrClN2O3/c1-26-17-7-5-12(21)10-14(17)19-23-9-3-4-15(23)20(25)24(19)16-11-13(22)6-8-18(16)27-2/h5-8,10-11,15,19H,3-4,9H2,1-2H3. The fraction of sp³-hybridized carbons (Fsp3) is 0.350. The number of amides is 1. The zero-order valence-corrected chi connectivity index (χ0v) is 17.5. The average molecular weight is 452 g/mol. The van der Waals surface area contributed by atoms with Gasteiger partial charge in [-0.05, 0) is 49.2 Å². The largest absolute Gasteiger partial charge is 0.496 e. The Kier molecular flexibility index (Phi) is 5.05. The van der Waals surface area contributed by atoms with Crippen LogP contribution in [-0.4, -0.2) is 37.6 Å². The van der Waals surface area contributed by atoms with Gasteiger partial charge in [-0.1, -0.05) is 27.5 Å². The summed E-state index contributed by atoms with van der Waals surface area (Å²) in [5.41, 5.74) is 1.61. The molecule has 2 atom stereocenters. The van der Waals surface area contributed by atoms with Crippen molar-refractivity contribution in [1.29, 1.82) is 0 Å². The number of ether oxygens (including phenoxy) is 2. The molecular weight excluding hydrogens is 432 g/mol. The summed E-state index contributed by atoms with van der Waals surface area (Å²) in [5.74, 6) is 1.43. The van der Waals surface area contributed by atoms with Gasteiger partial charge in [0.2, 0.25) is 5.91 Å². The monoisotopic (exact) mass is 450 g/mol. The van der Waals surface area contributed by atoms with Crippen LogP contribution in [0.5, 0.6) is 11.5 Å². The Labute approximate surface area is 171 Å². The van der Waals surface area contributed by atoms with E-state index in [9.17, 15) is 4.79 Å². The molecule has 27 heavy (non-hydrogen) atoms. The lowest BCUT2D eigenvalue weighted by atomic mass is 10.1. The molecule has 2 heterocycles. The predicted molar refractivity (Wildman–Crippen MR) is 109 cm³/mol. The smallest absolute Gasteiger partial charge is 0.246 e. The van der Waals surface area contributed by atoms with Gasteiger partial charge >= 0.3 is 0 Å². The zero-order chi connectivity index (χ0) is 19.1. The molecule has 7 heteroatoms. The second-order valence-electron chi connectivity index (χ2n) is 6.68. The number of nitrogens with zero attached hydrogens (tertiary/aromatic N) is 2. The van der Waals surface area contributed by atoms with Crippen LogP contribution >= 0.6 is 27.5 Å². The van der Waals surface area contributed by atoms with E-state index in [2.05, 4.69) is 20.8 Å². The van der Waals surface area contributed by atoms with Crippen LogP contribution in [0.2, 0.25) is 5.02 Å². The van der Waals surface area contributed by atoms with Crippen molar-refractivity contribution in [1.82, 2.24) is 4.90 Å². The molecule has 0 aromatic heterocycles. The molecule has 0 radical (unpaired) electrons. The highest BCUT2D eigenvalue weighted by Gasteiger charge is 2.50. The molecule has 2 aromatic rings. The van der Waals surface area contributed by atoms with Gasteiger partial charge in [-0.25, -0.2) is 0 Å². The summed E-state index contributed by atoms with van der Waals surface area (Å²) in [6, 6.07) is 11.1. The highest BCUT2D eigenvalue weighted by molar-refractivity contribution is 9.10. The van der Waals surface area contributed by atoms with Crippen LogP contribution < -0.4 is 14.4 Å². The van der Waals surface area contributed by atoms with Gasteiger partial charge in [0, 0.05) is 21.6 Å². The number of rotatable bonds is 4. The maximum Gasteiger partial charge on any atom is 0.246 e. The van der Waals surface area contributed by atoms with Crippen molar-refractivity contribution in [3.63, 3.8) is 0 Å². The molecule has 0 spiro atoms. The van der Waals surface area contributed by atoms with E-state index in [0.717, 1.165) is 35.2 Å². The van der Waals surface area contributed by atoms with Crippen LogP contribution in [0.25, 0.3) is 0 Å². The number of benzene rings is 2. The number of anilines is 1. The Bertz CT molecular complexity index is 892. The zero-order valence-electron chi connectivity index (χ0n) is 15.1. The summed E-state index contributed by atoms with van der Waals surface area (Å²) >= 11 is 9.81. The topological polar surface area (TPSA) is 42.0 Å². The van der Waals surface area contributed by atoms with Crippen LogP contribution in [0.15, 0.2) is 40.9 Å². The fourth-order valence-corrected chi connectivity index (χ4v) is 4.65. The third-order valence-corrected chi connectivity index (χ3v) is 5.97. The Morgan fingerprint density at radius 1 is 1.11 bits per heavy atom. The number of halogens is 2. The lowest BCUT2D eigenvalue weighted by Gasteiger charge is -2.31. The minimum Gasteiger partial charge on any atom is -0.496 e. The lowest BCUT2D eigenvalue weighted by Crippen LogP contribution is -2.33. The van der Waals surface area contributed by atoms with Gasteiger partial charge in [-0.3, -0.25) is 14.6 Å². The highest BCUT2D eigenvalue weighted by Crippen LogP contribution is 2.48. The van der Waals surface area contributed by atoms with Crippen LogP contribution in [0.3, 0.4) is 0 Å². The van der Waals surface area contributed by atoms with Crippen molar-refractivity contribution < 1.29 is 14.3 Å². The van der Waals surface area contributed by atoms with E-state index in [1.807, 2.05) is 18.2 Å². The molecule has 2 aliphatic rings. The highest BCUT2D eigenvalue weighted by atomic mass is 79.9. The molecule has 1 amide bonds. The number of fused-ring (bicyclic) bond motifs is 1. The van der Waals surface area contributed by atoms with E-state index < -0.39 is 0 Å². The number of carbonyl (C=O) groups excluding carboxylic acids is 1. The van der Waals surface area contributed by atoms with Crippen LogP contribution in [0.4, 0.5) is 5.69 Å². The van der Waals surface area contributed by atoms with E-state index in [1.54, 1.807) is 37.3 Å². The van der Waals surface area contributed by atoms with Crippen molar-refractivity contribution in [3.05, 3.63) is 51.5 Å². The lowest BCUT2D eigenvalue weighted by molar-refractivity contribution is -0.119. The summed E-state index contributed by atoms with van der Waals surface area (Å²) in [5, 5.41) is 0.561. The van der Waals surface area contributed by atoms with E-state index in [4.69, 9.17) is 21.1 Å². The van der Waals surface area contributed by atoms with Gasteiger partial charge in [0.05, 0.1) is 25.9 Å². The Hall–Kier alpha value is -1.76. The summed E-state index contributed by atoms with van der Waals surface area (Å²) in [4.78, 5) is 17.4. The van der Waals surface area contributed by atoms with Crippen LogP contribution in [0.1, 0.15) is 24.6 Å². The van der Waals surface area contributed by atoms with Gasteiger partial charge in [0.25, 0.3) is 0 Å². The van der Waals surface area contributed by atoms with Gasteiger partial charge in [0.1, 0.15) is 17.7 Å². The van der Waals surface area contributed by atoms with E-state index in [1.165, 1.54) is 0 Å². The molecule has 0 saturated carbocycles. The molecule has 142 valence electrons. The summed E-state index contributed by atoms with van der Waals surface area (Å²) in [6.45, 7) is 0.857. The van der Waals surface area contributed by atoms with Crippen molar-refractivity contribution in [2.45, 2.75) is 25.0 Å². The first-order valence-electron chi connectivity index (χ1n) is 8.81. The van der Waals surface area contributed by atoms with Crippen molar-refractivity contribution in [2.24, 2.45) is 0 Å². The molecule has 2 aliphatic heterocycles. The SMILES string of the molecule is COc1ccc(Br)cc1C1N(c2cc(Cl)ccc2OC)C(=O)C2CCCN21. The van der Waals surface area contributed by atoms with Crippen LogP contribution in [0, 0.1) is 0 Å². The van der Waals surface area contributed by atoms with E-state index in [0.29, 0.717) is 16.5 Å². The Balaban J connectivity index is 1.91. The van der Waals surface area contributed by atoms with E-state index >= 15 is 0 Å². The first-order chi connectivity index (χ1) is 13.0. The molecule has 0 aliphatic carbocycles. The minimum atomic E-state index is -0.273. The van der Waals surface area contributed by atoms with Gasteiger partial charge in [-0.2, -0.15) is 0 Å². The number of methoxy groups -OCH3 is 2. The molecule has 2 aromatic carbocycles. The Morgan fingerprint density at radius 3 is 2.59 bits per heavy atom. The third kappa shape index (κ3) is 3.10. The summed E-state index contributed by atoms with van der Waals surface area (Å²) in [7, 11) is 3.25. The molecule has 0 bridgehead atoms. The number of carbonyl (C=O) groups is 1. The second-order valence-corrected chi connectivity index (χ2v) is 8.03. The van der Waals surface area contributed by atoms with Crippen molar-refractivity contribution >= 4 is 39.1 Å². The maximum atomic E-state index is 13.4. The quantitative estimate of drug-likeness (QED) is 0.680. The van der Waals surface area contributed by atoms with Crippen molar-refractivity contribution in [3.8, 4) is 11.5 Å². The minimum absolute atomic E-state index is 0.0695. The molecule has 5 nitrogen and oxygen atoms in total. The third-order valence-electron chi connectivity index (χ3n) is 5.25. The summed E-state index contributed by atoms with van der Waals surface area (Å²) < 4.78 is 12.1. The second kappa shape index (κ2) is 7.34. The van der Waals surface area contributed by atoms with Gasteiger partial charge < -0.3 is 9.47 Å². The predicted octanol–water partition coefficient (Wildman–Crippen LogP) is 4.63. The Morgan fingerprint density at radius 2 is 1.85 bits per heavy atom. The molecule has 2 fully saturated rings. The average Bonchev–Trinajstić information content (AvgIpc) is 3.23. The number of hydrogen-bond donors (Lipinski definition) is 0. The van der Waals surface area contributed by atoms with Crippen molar-refractivity contribution in [2.75, 3.05) is 25.7 Å². The molecule has 0 N–H and O–H groups in total. The van der Waals surface area contributed by atoms with Gasteiger partial charge in [-0.15, -0.1) is 0 Å². The first kappa shape index (κ1) is 18.6. The fourth-order valence-electron chi connectivity index (χ4n) is 4.10. The van der Waals surface area contributed by atoms with Crippen LogP contribution in [-0.2, 0) is 4.79 Å². The van der Waals surface area contributed by atoms with E-state index in [-0.39, 0.29) is 18.1 Å². The number of hydrogen-bond acceptors (Lipinski definition) is 4. The first-order valence-corrected chi connectivity index (χ1v) is 9.98. The van der Waals surface area contributed by atoms with Gasteiger partial charge in [0.15, 0.2) is 0 Å². The molecule has 4 rings (SSSR count). The normalized spacial score (nSPS) is 22.2.